The van der Waals surface area contributed by atoms with E-state index in [-0.39, 0.29) is 17.0 Å². The Hall–Kier alpha value is -1.83. The fourth-order valence-corrected chi connectivity index (χ4v) is 1.90. The fourth-order valence-electron chi connectivity index (χ4n) is 1.90. The van der Waals surface area contributed by atoms with Gasteiger partial charge in [-0.3, -0.25) is 0 Å². The molecule has 2 aromatic rings. The highest BCUT2D eigenvalue weighted by atomic mass is 19.1. The fraction of sp³-hybridized carbons (Fsp3) is 0.250. The van der Waals surface area contributed by atoms with Crippen LogP contribution >= 0.6 is 0 Å². The van der Waals surface area contributed by atoms with E-state index in [9.17, 15) is 9.50 Å². The molecule has 0 aliphatic heterocycles. The third-order valence-corrected chi connectivity index (χ3v) is 3.03. The van der Waals surface area contributed by atoms with Crippen LogP contribution in [0.3, 0.4) is 0 Å². The first-order valence-electron chi connectivity index (χ1n) is 5.98. The zero-order valence-corrected chi connectivity index (χ0v) is 10.9. The number of benzene rings is 2. The highest BCUT2D eigenvalue weighted by Crippen LogP contribution is 2.35. The van der Waals surface area contributed by atoms with E-state index in [1.807, 2.05) is 12.1 Å². The van der Waals surface area contributed by atoms with Gasteiger partial charge in [0.1, 0.15) is 11.6 Å². The lowest BCUT2D eigenvalue weighted by Crippen LogP contribution is -2.10. The quantitative estimate of drug-likeness (QED) is 0.783. The maximum atomic E-state index is 13.8. The summed E-state index contributed by atoms with van der Waals surface area (Å²) in [7, 11) is 0. The Balaban J connectivity index is 2.61. The second-order valence-corrected chi connectivity index (χ2v) is 5.46. The van der Waals surface area contributed by atoms with Crippen molar-refractivity contribution in [3.8, 4) is 16.9 Å². The van der Waals surface area contributed by atoms with Crippen LogP contribution in [0.4, 0.5) is 4.39 Å². The van der Waals surface area contributed by atoms with Crippen molar-refractivity contribution in [2.24, 2.45) is 0 Å². The summed E-state index contributed by atoms with van der Waals surface area (Å²) in [4.78, 5) is 0. The minimum atomic E-state index is -0.321. The minimum Gasteiger partial charge on any atom is -0.507 e. The molecule has 94 valence electrons. The van der Waals surface area contributed by atoms with Gasteiger partial charge >= 0.3 is 0 Å². The average Bonchev–Trinajstić information content (AvgIpc) is 2.29. The van der Waals surface area contributed by atoms with Gasteiger partial charge in [-0.15, -0.1) is 0 Å². The van der Waals surface area contributed by atoms with Crippen molar-refractivity contribution in [3.05, 3.63) is 53.8 Å². The standard InChI is InChI=1S/C16H17FO/c1-16(2,3)11-8-9-15(18)13(10-11)12-6-4-5-7-14(12)17/h4-10,18H,1-3H3. The van der Waals surface area contributed by atoms with E-state index in [0.29, 0.717) is 11.1 Å². The normalized spacial score (nSPS) is 11.6. The van der Waals surface area contributed by atoms with E-state index in [0.717, 1.165) is 5.56 Å². The van der Waals surface area contributed by atoms with Gasteiger partial charge in [0.15, 0.2) is 0 Å². The van der Waals surface area contributed by atoms with Crippen molar-refractivity contribution in [3.63, 3.8) is 0 Å². The van der Waals surface area contributed by atoms with Gasteiger partial charge in [0, 0.05) is 11.1 Å². The molecule has 0 spiro atoms. The first-order chi connectivity index (χ1) is 8.39. The highest BCUT2D eigenvalue weighted by Gasteiger charge is 2.17. The van der Waals surface area contributed by atoms with E-state index < -0.39 is 0 Å². The Labute approximate surface area is 107 Å². The molecule has 0 radical (unpaired) electrons. The molecule has 0 heterocycles. The SMILES string of the molecule is CC(C)(C)c1ccc(O)c(-c2ccccc2F)c1. The third kappa shape index (κ3) is 2.37. The molecule has 2 rings (SSSR count). The topological polar surface area (TPSA) is 20.2 Å². The predicted octanol–water partition coefficient (Wildman–Crippen LogP) is 4.50. The Morgan fingerprint density at radius 3 is 2.22 bits per heavy atom. The summed E-state index contributed by atoms with van der Waals surface area (Å²) < 4.78 is 13.8. The Morgan fingerprint density at radius 1 is 0.944 bits per heavy atom. The number of halogens is 1. The van der Waals surface area contributed by atoms with Gasteiger partial charge in [0.05, 0.1) is 0 Å². The van der Waals surface area contributed by atoms with Crippen LogP contribution in [0.5, 0.6) is 5.75 Å². The van der Waals surface area contributed by atoms with E-state index in [4.69, 9.17) is 0 Å². The van der Waals surface area contributed by atoms with Gasteiger partial charge in [-0.25, -0.2) is 4.39 Å². The second-order valence-electron chi connectivity index (χ2n) is 5.46. The van der Waals surface area contributed by atoms with E-state index >= 15 is 0 Å². The molecule has 0 bridgehead atoms. The van der Waals surface area contributed by atoms with Crippen LogP contribution in [-0.2, 0) is 5.41 Å². The van der Waals surface area contributed by atoms with Crippen LogP contribution in [0, 0.1) is 5.82 Å². The van der Waals surface area contributed by atoms with Crippen molar-refractivity contribution in [2.45, 2.75) is 26.2 Å². The maximum absolute atomic E-state index is 13.8. The highest BCUT2D eigenvalue weighted by molar-refractivity contribution is 5.71. The summed E-state index contributed by atoms with van der Waals surface area (Å²) in [5, 5.41) is 9.91. The predicted molar refractivity (Wildman–Crippen MR) is 72.2 cm³/mol. The molecule has 2 heteroatoms. The number of hydrogen-bond donors (Lipinski definition) is 1. The molecule has 0 atom stereocenters. The largest absolute Gasteiger partial charge is 0.507 e. The van der Waals surface area contributed by atoms with Crippen molar-refractivity contribution in [1.29, 1.82) is 0 Å². The van der Waals surface area contributed by atoms with Crippen molar-refractivity contribution >= 4 is 0 Å². The summed E-state index contributed by atoms with van der Waals surface area (Å²) in [6, 6.07) is 11.8. The Morgan fingerprint density at radius 2 is 1.61 bits per heavy atom. The first kappa shape index (κ1) is 12.6. The van der Waals surface area contributed by atoms with Gasteiger partial charge in [-0.2, -0.15) is 0 Å². The van der Waals surface area contributed by atoms with E-state index in [1.165, 1.54) is 6.07 Å². The van der Waals surface area contributed by atoms with Crippen LogP contribution < -0.4 is 0 Å². The molecule has 0 fully saturated rings. The summed E-state index contributed by atoms with van der Waals surface area (Å²) in [5.74, 6) is -0.216. The van der Waals surface area contributed by atoms with Crippen LogP contribution in [0.15, 0.2) is 42.5 Å². The van der Waals surface area contributed by atoms with E-state index in [1.54, 1.807) is 24.3 Å². The van der Waals surface area contributed by atoms with E-state index in [2.05, 4.69) is 20.8 Å². The third-order valence-electron chi connectivity index (χ3n) is 3.03. The molecule has 18 heavy (non-hydrogen) atoms. The monoisotopic (exact) mass is 244 g/mol. The summed E-state index contributed by atoms with van der Waals surface area (Å²) in [5.41, 5.74) is 2.01. The Bertz CT molecular complexity index is 568. The summed E-state index contributed by atoms with van der Waals surface area (Å²) in [6.07, 6.45) is 0. The molecule has 0 amide bonds. The van der Waals surface area contributed by atoms with Gasteiger partial charge in [0.2, 0.25) is 0 Å². The smallest absolute Gasteiger partial charge is 0.131 e. The lowest BCUT2D eigenvalue weighted by Gasteiger charge is -2.20. The minimum absolute atomic E-state index is 0.0340. The molecular formula is C16H17FO. The summed E-state index contributed by atoms with van der Waals surface area (Å²) >= 11 is 0. The van der Waals surface area contributed by atoms with Gasteiger partial charge < -0.3 is 5.11 Å². The zero-order chi connectivity index (χ0) is 13.3. The molecule has 0 saturated heterocycles. The number of hydrogen-bond acceptors (Lipinski definition) is 1. The lowest BCUT2D eigenvalue weighted by atomic mass is 9.85. The van der Waals surface area contributed by atoms with Crippen molar-refractivity contribution in [1.82, 2.24) is 0 Å². The number of rotatable bonds is 1. The molecule has 0 unspecified atom stereocenters. The first-order valence-corrected chi connectivity index (χ1v) is 5.98. The van der Waals surface area contributed by atoms with Crippen LogP contribution in [-0.4, -0.2) is 5.11 Å². The molecule has 0 aliphatic carbocycles. The van der Waals surface area contributed by atoms with Gasteiger partial charge in [-0.05, 0) is 29.2 Å². The number of phenols is 1. The number of phenolic OH excluding ortho intramolecular Hbond substituents is 1. The molecule has 0 saturated carbocycles. The van der Waals surface area contributed by atoms with Crippen molar-refractivity contribution in [2.75, 3.05) is 0 Å². The average molecular weight is 244 g/mol. The molecular weight excluding hydrogens is 227 g/mol. The van der Waals surface area contributed by atoms with Crippen molar-refractivity contribution < 1.29 is 9.50 Å². The van der Waals surface area contributed by atoms with Crippen LogP contribution in [0.1, 0.15) is 26.3 Å². The molecule has 0 aromatic heterocycles. The van der Waals surface area contributed by atoms with Gasteiger partial charge in [-0.1, -0.05) is 45.0 Å². The van der Waals surface area contributed by atoms with Crippen LogP contribution in [0.25, 0.3) is 11.1 Å². The van der Waals surface area contributed by atoms with Crippen LogP contribution in [0.2, 0.25) is 0 Å². The second kappa shape index (κ2) is 4.45. The molecule has 0 aliphatic rings. The Kier molecular flexibility index (Phi) is 3.12. The molecule has 1 N–H and O–H groups in total. The molecule has 2 aromatic carbocycles. The zero-order valence-electron chi connectivity index (χ0n) is 10.9. The maximum Gasteiger partial charge on any atom is 0.131 e. The lowest BCUT2D eigenvalue weighted by molar-refractivity contribution is 0.475. The summed E-state index contributed by atoms with van der Waals surface area (Å²) in [6.45, 7) is 6.26. The van der Waals surface area contributed by atoms with Gasteiger partial charge in [0.25, 0.3) is 0 Å². The number of aromatic hydroxyl groups is 1. The molecule has 1 nitrogen and oxygen atoms in total.